The van der Waals surface area contributed by atoms with Gasteiger partial charge in [0.2, 0.25) is 5.96 Å². The molecule has 1 aromatic heterocycles. The molecule has 0 atom stereocenters. The van der Waals surface area contributed by atoms with Gasteiger partial charge >= 0.3 is 0 Å². The first kappa shape index (κ1) is 24.3. The fourth-order valence-corrected chi connectivity index (χ4v) is 3.68. The average Bonchev–Trinajstić information content (AvgIpc) is 3.08. The third-order valence-electron chi connectivity index (χ3n) is 5.24. The molecule has 2 aromatic carbocycles. The van der Waals surface area contributed by atoms with Gasteiger partial charge in [0.15, 0.2) is 0 Å². The SMILES string of the molecule is CCOc1ccccc1NC(=NCCc1c(C)nn(CC)c1C)NC(=O)c1ccc(Cl)cc1. The Kier molecular flexibility index (Phi) is 8.49. The number of anilines is 1. The van der Waals surface area contributed by atoms with E-state index in [9.17, 15) is 4.79 Å². The number of nitrogens with one attached hydrogen (secondary N) is 2. The van der Waals surface area contributed by atoms with E-state index in [1.165, 1.54) is 5.56 Å². The predicted octanol–water partition coefficient (Wildman–Crippen LogP) is 5.01. The number of rotatable bonds is 8. The van der Waals surface area contributed by atoms with Crippen molar-refractivity contribution in [2.45, 2.75) is 40.7 Å². The minimum absolute atomic E-state index is 0.280. The molecule has 1 amide bonds. The van der Waals surface area contributed by atoms with Gasteiger partial charge in [0.25, 0.3) is 5.91 Å². The number of guanidine groups is 1. The quantitative estimate of drug-likeness (QED) is 0.360. The van der Waals surface area contributed by atoms with Crippen molar-refractivity contribution in [3.8, 4) is 5.75 Å². The number of nitrogens with zero attached hydrogens (tertiary/aromatic N) is 3. The summed E-state index contributed by atoms with van der Waals surface area (Å²) in [5, 5.41) is 11.3. The molecule has 0 aliphatic heterocycles. The molecule has 0 aliphatic carbocycles. The zero-order valence-corrected chi connectivity index (χ0v) is 20.2. The van der Waals surface area contributed by atoms with Crippen LogP contribution >= 0.6 is 11.6 Å². The highest BCUT2D eigenvalue weighted by Crippen LogP contribution is 2.23. The van der Waals surface area contributed by atoms with E-state index >= 15 is 0 Å². The molecular formula is C25H30ClN5O2. The van der Waals surface area contributed by atoms with E-state index in [4.69, 9.17) is 16.3 Å². The fourth-order valence-electron chi connectivity index (χ4n) is 3.55. The van der Waals surface area contributed by atoms with Crippen LogP contribution in [0.1, 0.15) is 41.2 Å². The molecule has 0 spiro atoms. The van der Waals surface area contributed by atoms with Gasteiger partial charge in [-0.25, -0.2) is 0 Å². The van der Waals surface area contributed by atoms with Crippen LogP contribution in [0.2, 0.25) is 5.02 Å². The summed E-state index contributed by atoms with van der Waals surface area (Å²) < 4.78 is 7.70. The number of carbonyl (C=O) groups excluding carboxylic acids is 1. The second-order valence-corrected chi connectivity index (χ2v) is 7.90. The van der Waals surface area contributed by atoms with Gasteiger partial charge in [0.05, 0.1) is 18.0 Å². The van der Waals surface area contributed by atoms with Gasteiger partial charge in [-0.3, -0.25) is 19.8 Å². The zero-order chi connectivity index (χ0) is 23.8. The van der Waals surface area contributed by atoms with Gasteiger partial charge in [-0.2, -0.15) is 5.10 Å². The molecule has 0 unspecified atom stereocenters. The molecule has 0 saturated carbocycles. The maximum absolute atomic E-state index is 12.8. The number of aromatic nitrogens is 2. The van der Waals surface area contributed by atoms with Gasteiger partial charge < -0.3 is 10.1 Å². The van der Waals surface area contributed by atoms with E-state index in [2.05, 4.69) is 34.6 Å². The van der Waals surface area contributed by atoms with Gasteiger partial charge in [0.1, 0.15) is 5.75 Å². The number of ether oxygens (including phenoxy) is 1. The van der Waals surface area contributed by atoms with Crippen LogP contribution in [-0.2, 0) is 13.0 Å². The number of aryl methyl sites for hydroxylation is 2. The van der Waals surface area contributed by atoms with Crippen LogP contribution in [0.4, 0.5) is 5.69 Å². The van der Waals surface area contributed by atoms with Crippen molar-refractivity contribution in [1.82, 2.24) is 15.1 Å². The molecular weight excluding hydrogens is 438 g/mol. The molecule has 3 rings (SSSR count). The molecule has 2 N–H and O–H groups in total. The smallest absolute Gasteiger partial charge is 0.257 e. The van der Waals surface area contributed by atoms with Crippen molar-refractivity contribution in [3.63, 3.8) is 0 Å². The van der Waals surface area contributed by atoms with E-state index in [1.54, 1.807) is 24.3 Å². The third kappa shape index (κ3) is 6.35. The monoisotopic (exact) mass is 467 g/mol. The molecule has 3 aromatic rings. The largest absolute Gasteiger partial charge is 0.492 e. The number of hydrogen-bond acceptors (Lipinski definition) is 4. The fraction of sp³-hybridized carbons (Fsp3) is 0.320. The summed E-state index contributed by atoms with van der Waals surface area (Å²) in [5.74, 6) is 0.752. The molecule has 1 heterocycles. The van der Waals surface area contributed by atoms with E-state index < -0.39 is 0 Å². The van der Waals surface area contributed by atoms with Crippen molar-refractivity contribution in [2.24, 2.45) is 4.99 Å². The molecule has 0 bridgehead atoms. The lowest BCUT2D eigenvalue weighted by Crippen LogP contribution is -2.36. The molecule has 0 saturated heterocycles. The lowest BCUT2D eigenvalue weighted by atomic mass is 10.1. The molecule has 0 aliphatic rings. The molecule has 33 heavy (non-hydrogen) atoms. The summed E-state index contributed by atoms with van der Waals surface area (Å²) in [7, 11) is 0. The third-order valence-corrected chi connectivity index (χ3v) is 5.49. The first-order chi connectivity index (χ1) is 15.9. The van der Waals surface area contributed by atoms with Crippen LogP contribution in [-0.4, -0.2) is 34.8 Å². The Labute approximate surface area is 199 Å². The van der Waals surface area contributed by atoms with E-state index in [0.717, 1.165) is 23.6 Å². The summed E-state index contributed by atoms with van der Waals surface area (Å²) >= 11 is 5.95. The Bertz CT molecular complexity index is 1120. The van der Waals surface area contributed by atoms with Crippen LogP contribution in [0.5, 0.6) is 5.75 Å². The maximum atomic E-state index is 12.8. The van der Waals surface area contributed by atoms with Crippen molar-refractivity contribution >= 4 is 29.2 Å². The summed E-state index contributed by atoms with van der Waals surface area (Å²) in [6.07, 6.45) is 0.715. The van der Waals surface area contributed by atoms with Crippen molar-refractivity contribution in [1.29, 1.82) is 0 Å². The summed E-state index contributed by atoms with van der Waals surface area (Å²) in [6, 6.07) is 14.3. The number of aliphatic imine (C=N–C) groups is 1. The minimum atomic E-state index is -0.280. The zero-order valence-electron chi connectivity index (χ0n) is 19.5. The molecule has 8 heteroatoms. The van der Waals surface area contributed by atoms with Gasteiger partial charge in [-0.15, -0.1) is 0 Å². The minimum Gasteiger partial charge on any atom is -0.492 e. The Balaban J connectivity index is 1.82. The lowest BCUT2D eigenvalue weighted by molar-refractivity contribution is 0.0977. The highest BCUT2D eigenvalue weighted by Gasteiger charge is 2.13. The van der Waals surface area contributed by atoms with E-state index in [0.29, 0.717) is 41.9 Å². The number of halogens is 1. The Morgan fingerprint density at radius 1 is 1.12 bits per heavy atom. The number of benzene rings is 2. The Morgan fingerprint density at radius 2 is 1.85 bits per heavy atom. The first-order valence-corrected chi connectivity index (χ1v) is 11.4. The predicted molar refractivity (Wildman–Crippen MR) is 134 cm³/mol. The summed E-state index contributed by atoms with van der Waals surface area (Å²) in [4.78, 5) is 17.5. The topological polar surface area (TPSA) is 80.5 Å². The standard InChI is InChI=1S/C25H30ClN5O2/c1-5-31-18(4)21(17(3)30-31)15-16-27-25(28-22-9-7-8-10-23(22)33-6-2)29-24(32)19-11-13-20(26)14-12-19/h7-14H,5-6,15-16H2,1-4H3,(H2,27,28,29,32). The van der Waals surface area contributed by atoms with Crippen LogP contribution in [0, 0.1) is 13.8 Å². The highest BCUT2D eigenvalue weighted by atomic mass is 35.5. The molecule has 0 radical (unpaired) electrons. The van der Waals surface area contributed by atoms with Gasteiger partial charge in [0, 0.05) is 29.4 Å². The number of carbonyl (C=O) groups is 1. The normalized spacial score (nSPS) is 11.4. The first-order valence-electron chi connectivity index (χ1n) is 11.1. The molecule has 7 nitrogen and oxygen atoms in total. The molecule has 174 valence electrons. The summed E-state index contributed by atoms with van der Waals surface area (Å²) in [5.41, 5.74) is 4.54. The second kappa shape index (κ2) is 11.5. The van der Waals surface area contributed by atoms with Gasteiger partial charge in [-0.1, -0.05) is 23.7 Å². The second-order valence-electron chi connectivity index (χ2n) is 7.46. The van der Waals surface area contributed by atoms with Crippen molar-refractivity contribution < 1.29 is 9.53 Å². The van der Waals surface area contributed by atoms with Crippen LogP contribution in [0.3, 0.4) is 0 Å². The van der Waals surface area contributed by atoms with Gasteiger partial charge in [-0.05, 0) is 76.1 Å². The highest BCUT2D eigenvalue weighted by molar-refractivity contribution is 6.30. The van der Waals surface area contributed by atoms with Crippen LogP contribution < -0.4 is 15.4 Å². The summed E-state index contributed by atoms with van der Waals surface area (Å²) in [6.45, 7) is 9.93. The van der Waals surface area contributed by atoms with E-state index in [-0.39, 0.29) is 5.91 Å². The van der Waals surface area contributed by atoms with Crippen LogP contribution in [0.15, 0.2) is 53.5 Å². The van der Waals surface area contributed by atoms with E-state index in [1.807, 2.05) is 42.8 Å². The van der Waals surface area contributed by atoms with Crippen molar-refractivity contribution in [3.05, 3.63) is 76.1 Å². The average molecular weight is 468 g/mol. The number of para-hydroxylation sites is 2. The number of amides is 1. The van der Waals surface area contributed by atoms with Crippen molar-refractivity contribution in [2.75, 3.05) is 18.5 Å². The Morgan fingerprint density at radius 3 is 2.52 bits per heavy atom. The van der Waals surface area contributed by atoms with Crippen LogP contribution in [0.25, 0.3) is 0 Å². The number of hydrogen-bond donors (Lipinski definition) is 2. The maximum Gasteiger partial charge on any atom is 0.257 e. The lowest BCUT2D eigenvalue weighted by Gasteiger charge is -2.15. The Hall–Kier alpha value is -3.32. The molecule has 0 fully saturated rings.